The van der Waals surface area contributed by atoms with Gasteiger partial charge in [-0.25, -0.2) is 0 Å². The predicted octanol–water partition coefficient (Wildman–Crippen LogP) is 1.35. The van der Waals surface area contributed by atoms with Crippen molar-refractivity contribution in [1.29, 1.82) is 0 Å². The van der Waals surface area contributed by atoms with Gasteiger partial charge >= 0.3 is 0 Å². The molecule has 0 aliphatic carbocycles. The number of nitrogens with two attached hydrogens (primary N) is 1. The number of pyridine rings is 1. The van der Waals surface area contributed by atoms with Gasteiger partial charge in [-0.15, -0.1) is 0 Å². The molecule has 0 radical (unpaired) electrons. The fraction of sp³-hybridized carbons (Fsp3) is 0.583. The maximum absolute atomic E-state index is 5.77. The van der Waals surface area contributed by atoms with Crippen LogP contribution in [0.4, 0.5) is 0 Å². The van der Waals surface area contributed by atoms with Gasteiger partial charge in [-0.05, 0) is 24.8 Å². The Bertz CT molecular complexity index is 325. The van der Waals surface area contributed by atoms with E-state index in [1.807, 2.05) is 6.07 Å². The van der Waals surface area contributed by atoms with E-state index in [-0.39, 0.29) is 0 Å². The van der Waals surface area contributed by atoms with Crippen LogP contribution in [0.2, 0.25) is 0 Å². The second kappa shape index (κ2) is 5.82. The first-order valence-electron chi connectivity index (χ1n) is 5.73. The van der Waals surface area contributed by atoms with Crippen LogP contribution in [0, 0.1) is 5.92 Å². The lowest BCUT2D eigenvalue weighted by molar-refractivity contribution is 0.0495. The number of rotatable bonds is 4. The Morgan fingerprint density at radius 3 is 3.00 bits per heavy atom. The van der Waals surface area contributed by atoms with Gasteiger partial charge in [-0.2, -0.15) is 0 Å². The third-order valence-electron chi connectivity index (χ3n) is 2.91. The average Bonchev–Trinajstić information content (AvgIpc) is 2.38. The normalized spacial score (nSPS) is 17.3. The molecule has 2 heterocycles. The van der Waals surface area contributed by atoms with Gasteiger partial charge in [0.1, 0.15) is 5.75 Å². The van der Waals surface area contributed by atoms with Crippen molar-refractivity contribution >= 4 is 0 Å². The third kappa shape index (κ3) is 2.93. The first-order chi connectivity index (χ1) is 7.90. The quantitative estimate of drug-likeness (QED) is 0.835. The van der Waals surface area contributed by atoms with Crippen molar-refractivity contribution in [2.45, 2.75) is 19.4 Å². The highest BCUT2D eigenvalue weighted by atomic mass is 16.5. The summed E-state index contributed by atoms with van der Waals surface area (Å²) in [6.45, 7) is 2.93. The summed E-state index contributed by atoms with van der Waals surface area (Å²) in [6, 6.07) is 1.90. The lowest BCUT2D eigenvalue weighted by Gasteiger charge is -2.22. The van der Waals surface area contributed by atoms with E-state index in [0.717, 1.165) is 44.0 Å². The van der Waals surface area contributed by atoms with Gasteiger partial charge < -0.3 is 15.2 Å². The summed E-state index contributed by atoms with van der Waals surface area (Å²) in [6.07, 6.45) is 5.64. The number of ether oxygens (including phenoxy) is 2. The van der Waals surface area contributed by atoms with Crippen LogP contribution in [0.3, 0.4) is 0 Å². The molecule has 0 amide bonds. The van der Waals surface area contributed by atoms with E-state index in [4.69, 9.17) is 15.2 Å². The van der Waals surface area contributed by atoms with E-state index in [1.54, 1.807) is 12.4 Å². The number of nitrogens with zero attached hydrogens (tertiary/aromatic N) is 1. The molecular formula is C12H18N2O2. The maximum Gasteiger partial charge on any atom is 0.142 e. The summed E-state index contributed by atoms with van der Waals surface area (Å²) >= 11 is 0. The first kappa shape index (κ1) is 11.4. The molecular weight excluding hydrogens is 204 g/mol. The third-order valence-corrected chi connectivity index (χ3v) is 2.91. The molecule has 88 valence electrons. The van der Waals surface area contributed by atoms with Gasteiger partial charge in [0.15, 0.2) is 0 Å². The Hall–Kier alpha value is -1.13. The molecule has 0 aromatic carbocycles. The van der Waals surface area contributed by atoms with Crippen LogP contribution in [-0.2, 0) is 11.3 Å². The van der Waals surface area contributed by atoms with E-state index in [1.165, 1.54) is 0 Å². The van der Waals surface area contributed by atoms with Crippen molar-refractivity contribution in [1.82, 2.24) is 4.98 Å². The number of hydrogen-bond donors (Lipinski definition) is 1. The molecule has 4 heteroatoms. The van der Waals surface area contributed by atoms with E-state index in [9.17, 15) is 0 Å². The van der Waals surface area contributed by atoms with Gasteiger partial charge in [0.2, 0.25) is 0 Å². The molecule has 4 nitrogen and oxygen atoms in total. The summed E-state index contributed by atoms with van der Waals surface area (Å²) in [5, 5.41) is 0. The fourth-order valence-electron chi connectivity index (χ4n) is 1.83. The minimum Gasteiger partial charge on any atom is -0.491 e. The Balaban J connectivity index is 1.88. The Morgan fingerprint density at radius 2 is 2.25 bits per heavy atom. The minimum atomic E-state index is 0.492. The van der Waals surface area contributed by atoms with Crippen LogP contribution in [0.1, 0.15) is 18.4 Å². The van der Waals surface area contributed by atoms with Gasteiger partial charge in [0.05, 0.1) is 12.8 Å². The van der Waals surface area contributed by atoms with E-state index < -0.39 is 0 Å². The maximum atomic E-state index is 5.77. The van der Waals surface area contributed by atoms with E-state index in [2.05, 4.69) is 4.98 Å². The standard InChI is InChI=1S/C12H18N2O2/c13-7-11-1-4-14-8-12(11)16-9-10-2-5-15-6-3-10/h1,4,8,10H,2-3,5-7,9,13H2. The van der Waals surface area contributed by atoms with Crippen molar-refractivity contribution in [3.05, 3.63) is 24.0 Å². The van der Waals surface area contributed by atoms with Crippen LogP contribution >= 0.6 is 0 Å². The molecule has 2 N–H and O–H groups in total. The summed E-state index contributed by atoms with van der Waals surface area (Å²) in [7, 11) is 0. The van der Waals surface area contributed by atoms with Crippen LogP contribution in [0.25, 0.3) is 0 Å². The summed E-state index contributed by atoms with van der Waals surface area (Å²) in [4.78, 5) is 4.05. The average molecular weight is 222 g/mol. The van der Waals surface area contributed by atoms with Crippen LogP contribution < -0.4 is 10.5 Å². The Kier molecular flexibility index (Phi) is 4.13. The van der Waals surface area contributed by atoms with Crippen LogP contribution in [0.15, 0.2) is 18.5 Å². The van der Waals surface area contributed by atoms with E-state index in [0.29, 0.717) is 12.5 Å². The number of hydrogen-bond acceptors (Lipinski definition) is 4. The molecule has 2 rings (SSSR count). The topological polar surface area (TPSA) is 57.4 Å². The van der Waals surface area contributed by atoms with E-state index >= 15 is 0 Å². The molecule has 1 fully saturated rings. The zero-order chi connectivity index (χ0) is 11.2. The molecule has 0 bridgehead atoms. The lowest BCUT2D eigenvalue weighted by Crippen LogP contribution is -2.21. The van der Waals surface area contributed by atoms with Crippen molar-refractivity contribution in [2.75, 3.05) is 19.8 Å². The molecule has 16 heavy (non-hydrogen) atoms. The van der Waals surface area contributed by atoms with Crippen molar-refractivity contribution in [3.63, 3.8) is 0 Å². The second-order valence-corrected chi connectivity index (χ2v) is 4.05. The summed E-state index contributed by atoms with van der Waals surface area (Å²) in [5.74, 6) is 1.41. The molecule has 0 saturated carbocycles. The molecule has 0 spiro atoms. The largest absolute Gasteiger partial charge is 0.491 e. The first-order valence-corrected chi connectivity index (χ1v) is 5.73. The molecule has 1 aliphatic rings. The van der Waals surface area contributed by atoms with Gasteiger partial charge in [0, 0.05) is 31.5 Å². The van der Waals surface area contributed by atoms with Gasteiger partial charge in [0.25, 0.3) is 0 Å². The lowest BCUT2D eigenvalue weighted by atomic mass is 10.0. The number of aromatic nitrogens is 1. The molecule has 1 saturated heterocycles. The molecule has 0 unspecified atom stereocenters. The highest BCUT2D eigenvalue weighted by Crippen LogP contribution is 2.20. The van der Waals surface area contributed by atoms with Crippen LogP contribution in [0.5, 0.6) is 5.75 Å². The predicted molar refractivity (Wildman–Crippen MR) is 61.2 cm³/mol. The molecule has 1 aliphatic heterocycles. The molecule has 0 atom stereocenters. The van der Waals surface area contributed by atoms with Gasteiger partial charge in [-0.1, -0.05) is 0 Å². The summed E-state index contributed by atoms with van der Waals surface area (Å²) in [5.41, 5.74) is 6.65. The fourth-order valence-corrected chi connectivity index (χ4v) is 1.83. The smallest absolute Gasteiger partial charge is 0.142 e. The zero-order valence-electron chi connectivity index (χ0n) is 9.39. The molecule has 1 aromatic heterocycles. The second-order valence-electron chi connectivity index (χ2n) is 4.05. The van der Waals surface area contributed by atoms with Crippen molar-refractivity contribution in [2.24, 2.45) is 11.7 Å². The van der Waals surface area contributed by atoms with Crippen molar-refractivity contribution in [3.8, 4) is 5.75 Å². The zero-order valence-corrected chi connectivity index (χ0v) is 9.39. The highest BCUT2D eigenvalue weighted by Gasteiger charge is 2.14. The highest BCUT2D eigenvalue weighted by molar-refractivity contribution is 5.29. The summed E-state index contributed by atoms with van der Waals surface area (Å²) < 4.78 is 11.1. The van der Waals surface area contributed by atoms with Gasteiger partial charge in [-0.3, -0.25) is 4.98 Å². The molecule has 1 aromatic rings. The Labute approximate surface area is 95.8 Å². The van der Waals surface area contributed by atoms with Crippen LogP contribution in [-0.4, -0.2) is 24.8 Å². The van der Waals surface area contributed by atoms with Crippen molar-refractivity contribution < 1.29 is 9.47 Å². The minimum absolute atomic E-state index is 0.492. The Morgan fingerprint density at radius 1 is 1.44 bits per heavy atom. The SMILES string of the molecule is NCc1ccncc1OCC1CCOCC1. The monoisotopic (exact) mass is 222 g/mol.